The largest absolute Gasteiger partial charge is 1.00 e. The van der Waals surface area contributed by atoms with Gasteiger partial charge in [0.1, 0.15) is 41.9 Å². The SMILES string of the molecule is Nc1ncnc2c1c(-c1ccco1)cn2[C@@H]1O[C@H](COP(=O)([O-])[O-])[C@@H](O)[C@H]1O.[Na+].[Na+]. The normalized spacial score (nSPS) is 23.9. The zero-order valence-electron chi connectivity index (χ0n) is 16.1. The van der Waals surface area contributed by atoms with Crippen molar-refractivity contribution in [3.63, 3.8) is 0 Å². The van der Waals surface area contributed by atoms with Crippen LogP contribution in [-0.4, -0.2) is 49.7 Å². The molecule has 15 heteroatoms. The summed E-state index contributed by atoms with van der Waals surface area (Å²) in [7, 11) is -5.26. The van der Waals surface area contributed by atoms with Crippen molar-refractivity contribution in [1.82, 2.24) is 14.5 Å². The van der Waals surface area contributed by atoms with E-state index >= 15 is 0 Å². The smallest absolute Gasteiger partial charge is 0.790 e. The van der Waals surface area contributed by atoms with Gasteiger partial charge in [0.2, 0.25) is 0 Å². The summed E-state index contributed by atoms with van der Waals surface area (Å²) in [5.74, 6) is 0.638. The minimum atomic E-state index is -5.26. The van der Waals surface area contributed by atoms with E-state index in [9.17, 15) is 24.6 Å². The van der Waals surface area contributed by atoms with Crippen molar-refractivity contribution in [1.29, 1.82) is 0 Å². The molecular weight excluding hydrogens is 441 g/mol. The molecule has 0 bridgehead atoms. The molecule has 4 heterocycles. The molecule has 0 saturated carbocycles. The predicted octanol–water partition coefficient (Wildman–Crippen LogP) is -7.25. The number of phosphoric acid groups is 1. The third kappa shape index (κ3) is 5.02. The Labute approximate surface area is 214 Å². The number of aliphatic hydroxyl groups is 2. The fourth-order valence-electron chi connectivity index (χ4n) is 3.18. The molecule has 0 spiro atoms. The summed E-state index contributed by atoms with van der Waals surface area (Å²) < 4.78 is 27.2. The molecular formula is C15H15N4Na2O8P. The third-order valence-corrected chi connectivity index (χ3v) is 4.90. The van der Waals surface area contributed by atoms with Crippen LogP contribution < -0.4 is 74.6 Å². The number of nitrogens with zero attached hydrogens (tertiary/aromatic N) is 3. The maximum absolute atomic E-state index is 10.7. The van der Waals surface area contributed by atoms with E-state index in [1.54, 1.807) is 18.3 Å². The van der Waals surface area contributed by atoms with Gasteiger partial charge >= 0.3 is 59.1 Å². The molecule has 4 N–H and O–H groups in total. The molecule has 0 unspecified atom stereocenters. The molecule has 0 radical (unpaired) electrons. The maximum atomic E-state index is 10.7. The Morgan fingerprint density at radius 2 is 2.00 bits per heavy atom. The van der Waals surface area contributed by atoms with Gasteiger partial charge in [-0.3, -0.25) is 0 Å². The fraction of sp³-hybridized carbons (Fsp3) is 0.333. The van der Waals surface area contributed by atoms with Gasteiger partial charge in [-0.25, -0.2) is 9.97 Å². The standard InChI is InChI=1S/C15H17N4O8P.2Na/c16-13-10-7(8-2-1-3-25-8)4-19(14(10)18-6-17-13)15-12(21)11(20)9(27-15)5-26-28(22,23)24;;/h1-4,6,9,11-12,15,20-21H,5H2,(H2,16,17,18)(H2,22,23,24);;/q;2*+1/p-2/t9-,11-,12-,15-;;/m1../s1. The van der Waals surface area contributed by atoms with Crippen LogP contribution in [0.2, 0.25) is 0 Å². The van der Waals surface area contributed by atoms with Gasteiger partial charge in [-0.2, -0.15) is 0 Å². The molecule has 1 aliphatic rings. The van der Waals surface area contributed by atoms with Gasteiger partial charge in [-0.1, -0.05) is 0 Å². The first kappa shape index (κ1) is 25.9. The number of rotatable bonds is 5. The zero-order chi connectivity index (χ0) is 20.1. The Kier molecular flexibility index (Phi) is 8.73. The van der Waals surface area contributed by atoms with Crippen molar-refractivity contribution < 1.29 is 97.4 Å². The molecule has 1 aliphatic heterocycles. The molecule has 0 aromatic carbocycles. The second kappa shape index (κ2) is 10.1. The summed E-state index contributed by atoms with van der Waals surface area (Å²) in [5.41, 5.74) is 6.82. The minimum Gasteiger partial charge on any atom is -0.790 e. The monoisotopic (exact) mass is 456 g/mol. The van der Waals surface area contributed by atoms with E-state index in [-0.39, 0.29) is 64.9 Å². The van der Waals surface area contributed by atoms with Gasteiger partial charge in [0.15, 0.2) is 6.23 Å². The average molecular weight is 456 g/mol. The predicted molar refractivity (Wildman–Crippen MR) is 89.1 cm³/mol. The van der Waals surface area contributed by atoms with Crippen molar-refractivity contribution in [2.75, 3.05) is 12.3 Å². The van der Waals surface area contributed by atoms with Crippen LogP contribution >= 0.6 is 7.82 Å². The molecule has 150 valence electrons. The average Bonchev–Trinajstić information content (AvgIpc) is 3.33. The molecule has 12 nitrogen and oxygen atoms in total. The Hall–Kier alpha value is -0.310. The molecule has 0 aliphatic carbocycles. The van der Waals surface area contributed by atoms with Crippen molar-refractivity contribution >= 4 is 24.7 Å². The zero-order valence-corrected chi connectivity index (χ0v) is 21.0. The van der Waals surface area contributed by atoms with Crippen molar-refractivity contribution in [2.24, 2.45) is 0 Å². The molecule has 1 fully saturated rings. The number of ether oxygens (including phenoxy) is 1. The Morgan fingerprint density at radius 3 is 2.63 bits per heavy atom. The van der Waals surface area contributed by atoms with Crippen LogP contribution in [0.15, 0.2) is 35.3 Å². The number of anilines is 1. The van der Waals surface area contributed by atoms with Crippen LogP contribution in [0.3, 0.4) is 0 Å². The number of hydrogen-bond acceptors (Lipinski definition) is 11. The minimum absolute atomic E-state index is 0. The molecule has 30 heavy (non-hydrogen) atoms. The second-order valence-electron chi connectivity index (χ2n) is 6.17. The number of fused-ring (bicyclic) bond motifs is 1. The van der Waals surface area contributed by atoms with Crippen molar-refractivity contribution in [3.8, 4) is 11.3 Å². The van der Waals surface area contributed by atoms with Gasteiger partial charge in [0.05, 0.1) is 26.1 Å². The topological polar surface area (TPSA) is 192 Å². The van der Waals surface area contributed by atoms with E-state index in [2.05, 4.69) is 14.5 Å². The first-order valence-electron chi connectivity index (χ1n) is 8.09. The molecule has 0 amide bonds. The van der Waals surface area contributed by atoms with Crippen LogP contribution in [0.4, 0.5) is 5.82 Å². The Balaban J connectivity index is 0.00000160. The molecule has 3 aromatic rings. The van der Waals surface area contributed by atoms with Crippen LogP contribution in [-0.2, 0) is 13.8 Å². The van der Waals surface area contributed by atoms with Crippen LogP contribution in [0.1, 0.15) is 6.23 Å². The molecule has 4 rings (SSSR count). The van der Waals surface area contributed by atoms with E-state index in [1.807, 2.05) is 0 Å². The van der Waals surface area contributed by atoms with E-state index in [0.29, 0.717) is 22.4 Å². The molecule has 1 saturated heterocycles. The van der Waals surface area contributed by atoms with E-state index in [0.717, 1.165) is 0 Å². The van der Waals surface area contributed by atoms with E-state index in [4.69, 9.17) is 14.9 Å². The van der Waals surface area contributed by atoms with Gasteiger partial charge in [0.25, 0.3) is 0 Å². The first-order valence-corrected chi connectivity index (χ1v) is 9.55. The Morgan fingerprint density at radius 1 is 1.27 bits per heavy atom. The summed E-state index contributed by atoms with van der Waals surface area (Å²) in [4.78, 5) is 29.5. The molecule has 3 aromatic heterocycles. The Bertz CT molecular complexity index is 1040. The number of furan rings is 1. The van der Waals surface area contributed by atoms with Crippen LogP contribution in [0, 0.1) is 0 Å². The number of aromatic nitrogens is 3. The van der Waals surface area contributed by atoms with E-state index in [1.165, 1.54) is 17.2 Å². The summed E-state index contributed by atoms with van der Waals surface area (Å²) in [5, 5.41) is 21.0. The molecule has 4 atom stereocenters. The van der Waals surface area contributed by atoms with E-state index < -0.39 is 39.0 Å². The maximum Gasteiger partial charge on any atom is 1.00 e. The quantitative estimate of drug-likeness (QED) is 0.244. The number of aliphatic hydroxyl groups excluding tert-OH is 2. The van der Waals surface area contributed by atoms with Gasteiger partial charge in [-0.15, -0.1) is 0 Å². The second-order valence-corrected chi connectivity index (χ2v) is 7.33. The number of nitrogen functional groups attached to an aromatic ring is 1. The van der Waals surface area contributed by atoms with Gasteiger partial charge in [0, 0.05) is 11.8 Å². The van der Waals surface area contributed by atoms with Crippen LogP contribution in [0.5, 0.6) is 0 Å². The van der Waals surface area contributed by atoms with Gasteiger partial charge in [-0.05, 0) is 12.1 Å². The number of hydrogen-bond donors (Lipinski definition) is 3. The summed E-state index contributed by atoms with van der Waals surface area (Å²) >= 11 is 0. The summed E-state index contributed by atoms with van der Waals surface area (Å²) in [6.45, 7) is -0.736. The summed E-state index contributed by atoms with van der Waals surface area (Å²) in [6, 6.07) is 3.38. The van der Waals surface area contributed by atoms with Gasteiger partial charge < -0.3 is 48.5 Å². The van der Waals surface area contributed by atoms with Crippen molar-refractivity contribution in [3.05, 3.63) is 30.9 Å². The first-order chi connectivity index (χ1) is 13.3. The van der Waals surface area contributed by atoms with Crippen LogP contribution in [0.25, 0.3) is 22.4 Å². The third-order valence-electron chi connectivity index (χ3n) is 4.43. The number of phosphoric ester groups is 1. The number of nitrogens with two attached hydrogens (primary N) is 1. The summed E-state index contributed by atoms with van der Waals surface area (Å²) in [6.07, 6.45) is -1.10. The fourth-order valence-corrected chi connectivity index (χ4v) is 3.51. The van der Waals surface area contributed by atoms with Crippen molar-refractivity contribution in [2.45, 2.75) is 24.5 Å².